The number of benzene rings is 2. The summed E-state index contributed by atoms with van der Waals surface area (Å²) in [6, 6.07) is 11.6. The molecule has 0 spiro atoms. The third-order valence-electron chi connectivity index (χ3n) is 2.46. The van der Waals surface area contributed by atoms with Gasteiger partial charge in [0, 0.05) is 17.0 Å². The molecule has 2 rings (SSSR count). The van der Waals surface area contributed by atoms with Gasteiger partial charge in [-0.25, -0.2) is 0 Å². The molecule has 2 aromatic carbocycles. The van der Waals surface area contributed by atoms with Crippen molar-refractivity contribution in [3.8, 4) is 11.5 Å². The summed E-state index contributed by atoms with van der Waals surface area (Å²) in [4.78, 5) is 10.4. The number of nitro groups is 1. The number of ether oxygens (including phenoxy) is 1. The van der Waals surface area contributed by atoms with Crippen molar-refractivity contribution in [3.05, 3.63) is 63.2 Å². The van der Waals surface area contributed by atoms with Crippen LogP contribution >= 0.6 is 27.5 Å². The van der Waals surface area contributed by atoms with Gasteiger partial charge in [0.25, 0.3) is 5.69 Å². The normalized spacial score (nSPS) is 10.2. The lowest BCUT2D eigenvalue weighted by molar-refractivity contribution is -0.385. The summed E-state index contributed by atoms with van der Waals surface area (Å²) in [7, 11) is 0. The molecule has 98 valence electrons. The van der Waals surface area contributed by atoms with Crippen LogP contribution in [0.25, 0.3) is 0 Å². The van der Waals surface area contributed by atoms with Gasteiger partial charge in [-0.2, -0.15) is 0 Å². The summed E-state index contributed by atoms with van der Waals surface area (Å²) >= 11 is 9.21. The van der Waals surface area contributed by atoms with Crippen molar-refractivity contribution in [1.29, 1.82) is 0 Å². The fourth-order valence-corrected chi connectivity index (χ4v) is 2.19. The van der Waals surface area contributed by atoms with E-state index in [1.807, 2.05) is 0 Å². The van der Waals surface area contributed by atoms with Crippen LogP contribution in [0.15, 0.2) is 42.5 Å². The topological polar surface area (TPSA) is 52.4 Å². The van der Waals surface area contributed by atoms with Gasteiger partial charge in [0.05, 0.1) is 9.95 Å². The van der Waals surface area contributed by atoms with E-state index in [1.54, 1.807) is 36.4 Å². The number of nitrogens with zero attached hydrogens (tertiary/aromatic N) is 1. The molecule has 0 heterocycles. The Balaban J connectivity index is 2.32. The second kappa shape index (κ2) is 6.04. The van der Waals surface area contributed by atoms with Gasteiger partial charge in [0.1, 0.15) is 11.5 Å². The quantitative estimate of drug-likeness (QED) is 0.449. The average molecular weight is 343 g/mol. The predicted octanol–water partition coefficient (Wildman–Crippen LogP) is 4.94. The van der Waals surface area contributed by atoms with Gasteiger partial charge in [-0.05, 0) is 24.3 Å². The Bertz CT molecular complexity index is 619. The van der Waals surface area contributed by atoms with Gasteiger partial charge in [-0.1, -0.05) is 39.7 Å². The van der Waals surface area contributed by atoms with Gasteiger partial charge in [0.2, 0.25) is 0 Å². The van der Waals surface area contributed by atoms with Crippen molar-refractivity contribution in [3.63, 3.8) is 0 Å². The first-order chi connectivity index (χ1) is 9.11. The minimum atomic E-state index is -0.421. The van der Waals surface area contributed by atoms with Gasteiger partial charge in [-0.3, -0.25) is 10.1 Å². The Labute approximate surface area is 123 Å². The van der Waals surface area contributed by atoms with E-state index in [4.69, 9.17) is 16.3 Å². The van der Waals surface area contributed by atoms with Gasteiger partial charge in [0.15, 0.2) is 0 Å². The van der Waals surface area contributed by atoms with Crippen LogP contribution < -0.4 is 4.74 Å². The van der Waals surface area contributed by atoms with Gasteiger partial charge < -0.3 is 4.74 Å². The van der Waals surface area contributed by atoms with Crippen molar-refractivity contribution in [2.45, 2.75) is 5.33 Å². The monoisotopic (exact) mass is 341 g/mol. The molecule has 0 saturated carbocycles. The lowest BCUT2D eigenvalue weighted by atomic mass is 10.2. The molecule has 0 amide bonds. The summed E-state index contributed by atoms with van der Waals surface area (Å²) in [5, 5.41) is 11.7. The molecule has 4 nitrogen and oxygen atoms in total. The molecule has 0 bridgehead atoms. The fraction of sp³-hybridized carbons (Fsp3) is 0.0769. The second-order valence-corrected chi connectivity index (χ2v) is 4.68. The van der Waals surface area contributed by atoms with Crippen LogP contribution in [0.2, 0.25) is 5.02 Å². The Morgan fingerprint density at radius 1 is 1.26 bits per heavy atom. The Hall–Kier alpha value is -1.59. The molecular weight excluding hydrogens is 334 g/mol. The van der Waals surface area contributed by atoms with Crippen LogP contribution in [0, 0.1) is 10.1 Å². The molecule has 0 radical (unpaired) electrons. The number of hydrogen-bond donors (Lipinski definition) is 0. The second-order valence-electron chi connectivity index (χ2n) is 3.71. The first-order valence-corrected chi connectivity index (χ1v) is 6.87. The largest absolute Gasteiger partial charge is 0.456 e. The number of halogens is 2. The summed E-state index contributed by atoms with van der Waals surface area (Å²) in [5.41, 5.74) is 0.609. The highest BCUT2D eigenvalue weighted by Crippen LogP contribution is 2.32. The molecule has 6 heteroatoms. The number of nitro benzene ring substituents is 1. The Kier molecular flexibility index (Phi) is 4.39. The molecule has 0 aliphatic carbocycles. The zero-order valence-electron chi connectivity index (χ0n) is 9.68. The maximum Gasteiger partial charge on any atom is 0.273 e. The highest BCUT2D eigenvalue weighted by Gasteiger charge is 2.14. The third kappa shape index (κ3) is 3.24. The van der Waals surface area contributed by atoms with E-state index in [2.05, 4.69) is 15.9 Å². The van der Waals surface area contributed by atoms with E-state index in [1.165, 1.54) is 6.07 Å². The lowest BCUT2D eigenvalue weighted by Gasteiger charge is -2.08. The summed E-state index contributed by atoms with van der Waals surface area (Å²) in [6.07, 6.45) is 0. The minimum Gasteiger partial charge on any atom is -0.456 e. The predicted molar refractivity (Wildman–Crippen MR) is 77.3 cm³/mol. The third-order valence-corrected chi connectivity index (χ3v) is 3.37. The maximum atomic E-state index is 10.8. The fourth-order valence-electron chi connectivity index (χ4n) is 1.56. The van der Waals surface area contributed by atoms with Crippen molar-refractivity contribution < 1.29 is 9.66 Å². The Morgan fingerprint density at radius 3 is 2.63 bits per heavy atom. The molecule has 0 aliphatic heterocycles. The number of alkyl halides is 1. The zero-order chi connectivity index (χ0) is 13.8. The van der Waals surface area contributed by atoms with Crippen molar-refractivity contribution in [1.82, 2.24) is 0 Å². The lowest BCUT2D eigenvalue weighted by Crippen LogP contribution is -1.94. The summed E-state index contributed by atoms with van der Waals surface area (Å²) in [5.74, 6) is 1.02. The van der Waals surface area contributed by atoms with Crippen LogP contribution in [-0.2, 0) is 5.33 Å². The first-order valence-electron chi connectivity index (χ1n) is 5.37. The van der Waals surface area contributed by atoms with Crippen LogP contribution in [0.5, 0.6) is 11.5 Å². The molecule has 0 saturated heterocycles. The smallest absolute Gasteiger partial charge is 0.273 e. The van der Waals surface area contributed by atoms with Crippen LogP contribution in [0.1, 0.15) is 5.56 Å². The van der Waals surface area contributed by atoms with Crippen LogP contribution in [0.4, 0.5) is 5.69 Å². The molecule has 2 aromatic rings. The summed E-state index contributed by atoms with van der Waals surface area (Å²) < 4.78 is 5.61. The molecular formula is C13H9BrClNO3. The standard InChI is InChI=1S/C13H9BrClNO3/c14-8-9-7-10(5-6-12(9)16(17)18)19-13-4-2-1-3-11(13)15/h1-7H,8H2. The van der Waals surface area contributed by atoms with E-state index in [-0.39, 0.29) is 5.69 Å². The minimum absolute atomic E-state index is 0.0587. The molecule has 0 atom stereocenters. The highest BCUT2D eigenvalue weighted by atomic mass is 79.9. The number of para-hydroxylation sites is 1. The first kappa shape index (κ1) is 13.8. The van der Waals surface area contributed by atoms with E-state index >= 15 is 0 Å². The molecule has 19 heavy (non-hydrogen) atoms. The SMILES string of the molecule is O=[N+]([O-])c1ccc(Oc2ccccc2Cl)cc1CBr. The van der Waals surface area contributed by atoms with E-state index < -0.39 is 4.92 Å². The van der Waals surface area contributed by atoms with Crippen LogP contribution in [-0.4, -0.2) is 4.92 Å². The van der Waals surface area contributed by atoms with E-state index in [0.717, 1.165) is 0 Å². The van der Waals surface area contributed by atoms with Crippen molar-refractivity contribution in [2.75, 3.05) is 0 Å². The van der Waals surface area contributed by atoms with E-state index in [9.17, 15) is 10.1 Å². The Morgan fingerprint density at radius 2 is 2.00 bits per heavy atom. The number of rotatable bonds is 4. The molecule has 0 aliphatic rings. The van der Waals surface area contributed by atoms with E-state index in [0.29, 0.717) is 27.4 Å². The highest BCUT2D eigenvalue weighted by molar-refractivity contribution is 9.08. The molecule has 0 fully saturated rings. The average Bonchev–Trinajstić information content (AvgIpc) is 2.41. The van der Waals surface area contributed by atoms with Crippen LogP contribution in [0.3, 0.4) is 0 Å². The van der Waals surface area contributed by atoms with Gasteiger partial charge in [-0.15, -0.1) is 0 Å². The molecule has 0 aromatic heterocycles. The van der Waals surface area contributed by atoms with Gasteiger partial charge >= 0.3 is 0 Å². The summed E-state index contributed by atoms with van der Waals surface area (Å²) in [6.45, 7) is 0. The van der Waals surface area contributed by atoms with Crippen molar-refractivity contribution in [2.24, 2.45) is 0 Å². The number of hydrogen-bond acceptors (Lipinski definition) is 3. The van der Waals surface area contributed by atoms with Crippen molar-refractivity contribution >= 4 is 33.2 Å². The zero-order valence-corrected chi connectivity index (χ0v) is 12.0. The molecule has 0 unspecified atom stereocenters. The maximum absolute atomic E-state index is 10.8. The molecule has 0 N–H and O–H groups in total.